The number of carbonyl (C=O) groups is 2. The SMILES string of the molecule is CC.O=C(NCC1CCN(c2ccc(Cl)cc2)C1=O)c1cc(C(F)(F)F)cc(C(F)(F)F)c1. The lowest BCUT2D eigenvalue weighted by atomic mass is 10.0. The summed E-state index contributed by atoms with van der Waals surface area (Å²) >= 11 is 5.81. The molecule has 1 atom stereocenters. The van der Waals surface area contributed by atoms with Crippen molar-refractivity contribution >= 4 is 29.1 Å². The summed E-state index contributed by atoms with van der Waals surface area (Å²) in [6, 6.07) is 7.13. The van der Waals surface area contributed by atoms with E-state index in [-0.39, 0.29) is 18.5 Å². The minimum absolute atomic E-state index is 0.0543. The van der Waals surface area contributed by atoms with E-state index in [2.05, 4.69) is 5.32 Å². The van der Waals surface area contributed by atoms with Crippen molar-refractivity contribution in [1.29, 1.82) is 0 Å². The van der Waals surface area contributed by atoms with Crippen LogP contribution in [-0.4, -0.2) is 24.9 Å². The Labute approximate surface area is 191 Å². The molecule has 0 bridgehead atoms. The summed E-state index contributed by atoms with van der Waals surface area (Å²) in [5, 5.41) is 2.75. The van der Waals surface area contributed by atoms with E-state index in [1.165, 1.54) is 4.90 Å². The van der Waals surface area contributed by atoms with Crippen molar-refractivity contribution in [2.75, 3.05) is 18.0 Å². The summed E-state index contributed by atoms with van der Waals surface area (Å²) < 4.78 is 77.7. The van der Waals surface area contributed by atoms with Gasteiger partial charge in [0.15, 0.2) is 0 Å². The molecule has 1 N–H and O–H groups in total. The molecule has 1 aliphatic heterocycles. The summed E-state index contributed by atoms with van der Waals surface area (Å²) in [7, 11) is 0. The first-order valence-electron chi connectivity index (χ1n) is 10.0. The van der Waals surface area contributed by atoms with Gasteiger partial charge in [-0.2, -0.15) is 26.3 Å². The van der Waals surface area contributed by atoms with E-state index >= 15 is 0 Å². The van der Waals surface area contributed by atoms with Crippen molar-refractivity contribution in [2.45, 2.75) is 32.6 Å². The molecule has 0 aliphatic carbocycles. The largest absolute Gasteiger partial charge is 0.416 e. The summed E-state index contributed by atoms with van der Waals surface area (Å²) in [4.78, 5) is 26.3. The minimum atomic E-state index is -5.06. The first-order valence-corrected chi connectivity index (χ1v) is 10.4. The van der Waals surface area contributed by atoms with Crippen LogP contribution in [0.5, 0.6) is 0 Å². The third kappa shape index (κ3) is 6.63. The lowest BCUT2D eigenvalue weighted by Gasteiger charge is -2.17. The van der Waals surface area contributed by atoms with Crippen LogP contribution in [0.1, 0.15) is 41.8 Å². The molecule has 1 heterocycles. The molecular weight excluding hydrogens is 474 g/mol. The Balaban J connectivity index is 0.00000187. The van der Waals surface area contributed by atoms with Crippen LogP contribution in [-0.2, 0) is 17.1 Å². The number of benzene rings is 2. The van der Waals surface area contributed by atoms with Crippen molar-refractivity contribution in [3.05, 3.63) is 64.2 Å². The highest BCUT2D eigenvalue weighted by molar-refractivity contribution is 6.30. The monoisotopic (exact) mass is 494 g/mol. The van der Waals surface area contributed by atoms with Crippen LogP contribution >= 0.6 is 11.6 Å². The van der Waals surface area contributed by atoms with Gasteiger partial charge in [0.25, 0.3) is 5.91 Å². The van der Waals surface area contributed by atoms with Crippen LogP contribution < -0.4 is 10.2 Å². The Hall–Kier alpha value is -2.75. The number of nitrogens with zero attached hydrogens (tertiary/aromatic N) is 1. The first kappa shape index (κ1) is 26.5. The van der Waals surface area contributed by atoms with Crippen LogP contribution in [0, 0.1) is 5.92 Å². The lowest BCUT2D eigenvalue weighted by Crippen LogP contribution is -2.35. The van der Waals surface area contributed by atoms with Crippen molar-refractivity contribution in [3.63, 3.8) is 0 Å². The van der Waals surface area contributed by atoms with Gasteiger partial charge in [-0.1, -0.05) is 25.4 Å². The van der Waals surface area contributed by atoms with E-state index in [0.29, 0.717) is 35.8 Å². The van der Waals surface area contributed by atoms with Gasteiger partial charge in [-0.15, -0.1) is 0 Å². The quantitative estimate of drug-likeness (QED) is 0.515. The van der Waals surface area contributed by atoms with Crippen LogP contribution in [0.2, 0.25) is 5.02 Å². The molecule has 1 aliphatic rings. The molecule has 2 amide bonds. The molecule has 0 spiro atoms. The average Bonchev–Trinajstić information content (AvgIpc) is 3.12. The topological polar surface area (TPSA) is 49.4 Å². The maximum atomic E-state index is 13.0. The first-order chi connectivity index (χ1) is 15.4. The normalized spacial score (nSPS) is 16.3. The van der Waals surface area contributed by atoms with Crippen molar-refractivity contribution in [3.8, 4) is 0 Å². The number of halogens is 7. The standard InChI is InChI=1S/C20H15ClF6N2O2.C2H6/c21-15-1-3-16(4-2-15)29-6-5-11(18(29)31)10-28-17(30)12-7-13(19(22,23)24)9-14(8-12)20(25,26)27;1-2/h1-4,7-9,11H,5-6,10H2,(H,28,30);1-2H3. The summed E-state index contributed by atoms with van der Waals surface area (Å²) in [6.07, 6.45) is -9.76. The van der Waals surface area contributed by atoms with Crippen molar-refractivity contribution < 1.29 is 35.9 Å². The molecule has 1 fully saturated rings. The second-order valence-corrected chi connectivity index (χ2v) is 7.39. The molecule has 2 aromatic carbocycles. The number of hydrogen-bond donors (Lipinski definition) is 1. The predicted molar refractivity (Wildman–Crippen MR) is 112 cm³/mol. The molecule has 11 heteroatoms. The Kier molecular flexibility index (Phi) is 8.40. The van der Waals surface area contributed by atoms with Gasteiger partial charge >= 0.3 is 12.4 Å². The highest BCUT2D eigenvalue weighted by Gasteiger charge is 2.38. The van der Waals surface area contributed by atoms with Crippen LogP contribution in [0.4, 0.5) is 32.0 Å². The Morgan fingerprint density at radius 3 is 2.00 bits per heavy atom. The Bertz CT molecular complexity index is 958. The molecule has 0 saturated carbocycles. The van der Waals surface area contributed by atoms with E-state index in [0.717, 1.165) is 0 Å². The highest BCUT2D eigenvalue weighted by atomic mass is 35.5. The molecule has 0 radical (unpaired) electrons. The lowest BCUT2D eigenvalue weighted by molar-refractivity contribution is -0.143. The number of rotatable bonds is 4. The van der Waals surface area contributed by atoms with Gasteiger partial charge in [-0.3, -0.25) is 9.59 Å². The zero-order valence-electron chi connectivity index (χ0n) is 17.6. The molecule has 3 rings (SSSR count). The predicted octanol–water partition coefficient (Wildman–Crippen LogP) is 6.19. The third-order valence-corrected chi connectivity index (χ3v) is 5.07. The second kappa shape index (κ2) is 10.5. The van der Waals surface area contributed by atoms with Gasteiger partial charge in [0.2, 0.25) is 5.91 Å². The fourth-order valence-corrected chi connectivity index (χ4v) is 3.34. The highest BCUT2D eigenvalue weighted by Crippen LogP contribution is 2.36. The van der Waals surface area contributed by atoms with Gasteiger partial charge in [0, 0.05) is 29.4 Å². The van der Waals surface area contributed by atoms with Gasteiger partial charge in [-0.25, -0.2) is 0 Å². The molecule has 180 valence electrons. The maximum Gasteiger partial charge on any atom is 0.416 e. The third-order valence-electron chi connectivity index (χ3n) is 4.81. The number of alkyl halides is 6. The molecular formula is C22H21ClF6N2O2. The molecule has 1 saturated heterocycles. The van der Waals surface area contributed by atoms with Gasteiger partial charge in [-0.05, 0) is 48.9 Å². The summed E-state index contributed by atoms with van der Waals surface area (Å²) in [5.74, 6) is -2.11. The summed E-state index contributed by atoms with van der Waals surface area (Å²) in [5.41, 5.74) is -3.37. The van der Waals surface area contributed by atoms with E-state index in [9.17, 15) is 35.9 Å². The van der Waals surface area contributed by atoms with Crippen molar-refractivity contribution in [1.82, 2.24) is 5.32 Å². The number of carbonyl (C=O) groups excluding carboxylic acids is 2. The number of hydrogen-bond acceptors (Lipinski definition) is 2. The van der Waals surface area contributed by atoms with Crippen LogP contribution in [0.25, 0.3) is 0 Å². The molecule has 2 aromatic rings. The van der Waals surface area contributed by atoms with Crippen LogP contribution in [0.15, 0.2) is 42.5 Å². The molecule has 4 nitrogen and oxygen atoms in total. The van der Waals surface area contributed by atoms with E-state index in [4.69, 9.17) is 11.6 Å². The number of nitrogens with one attached hydrogen (secondary N) is 1. The van der Waals surface area contributed by atoms with Gasteiger partial charge in [0.05, 0.1) is 17.0 Å². The molecule has 0 aromatic heterocycles. The fraction of sp³-hybridized carbons (Fsp3) is 0.364. The fourth-order valence-electron chi connectivity index (χ4n) is 3.21. The Morgan fingerprint density at radius 2 is 1.52 bits per heavy atom. The Morgan fingerprint density at radius 1 is 1.00 bits per heavy atom. The smallest absolute Gasteiger partial charge is 0.351 e. The van der Waals surface area contributed by atoms with Crippen LogP contribution in [0.3, 0.4) is 0 Å². The molecule has 33 heavy (non-hydrogen) atoms. The number of anilines is 1. The second-order valence-electron chi connectivity index (χ2n) is 6.96. The zero-order chi connectivity index (χ0) is 25.0. The number of amides is 2. The maximum absolute atomic E-state index is 13.0. The van der Waals surface area contributed by atoms with Gasteiger partial charge < -0.3 is 10.2 Å². The average molecular weight is 495 g/mol. The minimum Gasteiger partial charge on any atom is -0.351 e. The van der Waals surface area contributed by atoms with E-state index < -0.39 is 40.9 Å². The van der Waals surface area contributed by atoms with Gasteiger partial charge in [0.1, 0.15) is 0 Å². The summed E-state index contributed by atoms with van der Waals surface area (Å²) in [6.45, 7) is 4.13. The zero-order valence-corrected chi connectivity index (χ0v) is 18.4. The van der Waals surface area contributed by atoms with E-state index in [1.807, 2.05) is 13.8 Å². The van der Waals surface area contributed by atoms with Crippen molar-refractivity contribution in [2.24, 2.45) is 5.92 Å². The van der Waals surface area contributed by atoms with E-state index in [1.54, 1.807) is 24.3 Å². The molecule has 1 unspecified atom stereocenters.